The minimum atomic E-state index is -0.00234. The van der Waals surface area contributed by atoms with Crippen LogP contribution in [0.2, 0.25) is 0 Å². The van der Waals surface area contributed by atoms with E-state index in [0.717, 1.165) is 22.9 Å². The highest BCUT2D eigenvalue weighted by molar-refractivity contribution is 5.89. The molecule has 0 saturated heterocycles. The Labute approximate surface area is 149 Å². The second-order valence-electron chi connectivity index (χ2n) is 7.00. The summed E-state index contributed by atoms with van der Waals surface area (Å²) in [4.78, 5) is 16.4. The highest BCUT2D eigenvalue weighted by atomic mass is 16.1. The molecule has 134 valence electrons. The van der Waals surface area contributed by atoms with Gasteiger partial charge in [0.2, 0.25) is 5.91 Å². The van der Waals surface area contributed by atoms with E-state index in [1.165, 1.54) is 44.9 Å². The maximum atomic E-state index is 11.9. The average Bonchev–Trinajstić information content (AvgIpc) is 2.98. The van der Waals surface area contributed by atoms with E-state index in [1.54, 1.807) is 4.68 Å². The van der Waals surface area contributed by atoms with Crippen LogP contribution in [-0.4, -0.2) is 20.7 Å². The number of pyridine rings is 1. The summed E-state index contributed by atoms with van der Waals surface area (Å²) in [5.41, 5.74) is 2.19. The summed E-state index contributed by atoms with van der Waals surface area (Å²) in [6.07, 6.45) is 11.1. The number of carbonyl (C=O) groups is 1. The van der Waals surface area contributed by atoms with Gasteiger partial charge in [-0.25, -0.2) is 4.98 Å². The number of carbonyl (C=O) groups excluding carboxylic acids is 1. The molecule has 5 heteroatoms. The topological polar surface area (TPSA) is 59.8 Å². The predicted octanol–water partition coefficient (Wildman–Crippen LogP) is 4.75. The largest absolute Gasteiger partial charge is 0.311 e. The molecule has 1 aliphatic rings. The maximum Gasteiger partial charge on any atom is 0.225 e. The third kappa shape index (κ3) is 4.47. The lowest BCUT2D eigenvalue weighted by atomic mass is 9.89. The number of amides is 1. The fourth-order valence-electron chi connectivity index (χ4n) is 3.43. The van der Waals surface area contributed by atoms with Gasteiger partial charge in [0.15, 0.2) is 5.82 Å². The second kappa shape index (κ2) is 8.28. The van der Waals surface area contributed by atoms with Crippen LogP contribution in [0.5, 0.6) is 0 Å². The number of hydrogen-bond donors (Lipinski definition) is 1. The van der Waals surface area contributed by atoms with E-state index in [9.17, 15) is 4.79 Å². The van der Waals surface area contributed by atoms with E-state index < -0.39 is 0 Å². The molecule has 2 heterocycles. The number of nitrogens with zero attached hydrogens (tertiary/aromatic N) is 3. The molecule has 1 saturated carbocycles. The quantitative estimate of drug-likeness (QED) is 0.873. The number of hydrogen-bond acceptors (Lipinski definition) is 3. The van der Waals surface area contributed by atoms with E-state index in [-0.39, 0.29) is 5.91 Å². The summed E-state index contributed by atoms with van der Waals surface area (Å²) in [6.45, 7) is 3.87. The molecule has 1 amide bonds. The van der Waals surface area contributed by atoms with E-state index in [2.05, 4.69) is 10.3 Å². The molecule has 5 nitrogen and oxygen atoms in total. The molecule has 1 fully saturated rings. The molecule has 1 N–H and O–H groups in total. The summed E-state index contributed by atoms with van der Waals surface area (Å²) in [6, 6.07) is 6.01. The maximum absolute atomic E-state index is 11.9. The van der Waals surface area contributed by atoms with Gasteiger partial charge in [0.05, 0.1) is 5.69 Å². The molecule has 25 heavy (non-hydrogen) atoms. The Morgan fingerprint density at radius 1 is 1.20 bits per heavy atom. The van der Waals surface area contributed by atoms with Gasteiger partial charge in [0.1, 0.15) is 5.82 Å². The van der Waals surface area contributed by atoms with Crippen molar-refractivity contribution < 1.29 is 4.79 Å². The van der Waals surface area contributed by atoms with Gasteiger partial charge in [0, 0.05) is 24.6 Å². The fraction of sp³-hybridized carbons (Fsp3) is 0.550. The third-order valence-electron chi connectivity index (χ3n) is 4.95. The zero-order chi connectivity index (χ0) is 17.6. The molecule has 0 unspecified atom stereocenters. The van der Waals surface area contributed by atoms with Gasteiger partial charge in [-0.05, 0) is 31.4 Å². The van der Waals surface area contributed by atoms with Crippen LogP contribution in [0.25, 0.3) is 5.82 Å². The zero-order valence-electron chi connectivity index (χ0n) is 15.3. The van der Waals surface area contributed by atoms with Crippen LogP contribution >= 0.6 is 0 Å². The first-order valence-electron chi connectivity index (χ1n) is 9.50. The van der Waals surface area contributed by atoms with Crippen molar-refractivity contribution in [1.29, 1.82) is 0 Å². The van der Waals surface area contributed by atoms with Gasteiger partial charge in [-0.15, -0.1) is 0 Å². The molecule has 0 bridgehead atoms. The highest BCUT2D eigenvalue weighted by Crippen LogP contribution is 2.32. The van der Waals surface area contributed by atoms with Crippen molar-refractivity contribution in [2.75, 3.05) is 5.32 Å². The van der Waals surface area contributed by atoms with Crippen LogP contribution < -0.4 is 5.32 Å². The molecule has 0 atom stereocenters. The first-order chi connectivity index (χ1) is 12.2. The Balaban J connectivity index is 1.92. The van der Waals surface area contributed by atoms with Gasteiger partial charge >= 0.3 is 0 Å². The van der Waals surface area contributed by atoms with Crippen LogP contribution in [0.3, 0.4) is 0 Å². The van der Waals surface area contributed by atoms with Crippen molar-refractivity contribution >= 4 is 11.7 Å². The molecule has 0 spiro atoms. The number of nitrogens with one attached hydrogen (secondary N) is 1. The van der Waals surface area contributed by atoms with Gasteiger partial charge in [-0.2, -0.15) is 9.78 Å². The monoisotopic (exact) mass is 340 g/mol. The van der Waals surface area contributed by atoms with Gasteiger partial charge in [-0.1, -0.05) is 45.1 Å². The molecule has 2 aromatic rings. The van der Waals surface area contributed by atoms with Crippen LogP contribution in [0, 0.1) is 6.92 Å². The van der Waals surface area contributed by atoms with Crippen LogP contribution in [-0.2, 0) is 4.79 Å². The van der Waals surface area contributed by atoms with Crippen molar-refractivity contribution in [2.24, 2.45) is 0 Å². The Kier molecular flexibility index (Phi) is 5.84. The smallest absolute Gasteiger partial charge is 0.225 e. The second-order valence-corrected chi connectivity index (χ2v) is 7.00. The molecule has 3 rings (SSSR count). The van der Waals surface area contributed by atoms with Crippen molar-refractivity contribution in [1.82, 2.24) is 14.8 Å². The van der Waals surface area contributed by atoms with E-state index in [0.29, 0.717) is 12.3 Å². The number of anilines is 1. The molecule has 2 aromatic heterocycles. The van der Waals surface area contributed by atoms with E-state index in [4.69, 9.17) is 5.10 Å². The Hall–Kier alpha value is -2.17. The lowest BCUT2D eigenvalue weighted by molar-refractivity contribution is -0.115. The Morgan fingerprint density at radius 2 is 1.92 bits per heavy atom. The van der Waals surface area contributed by atoms with Crippen molar-refractivity contribution in [2.45, 2.75) is 71.1 Å². The first-order valence-corrected chi connectivity index (χ1v) is 9.50. The minimum absolute atomic E-state index is 0.00234. The molecule has 0 aromatic carbocycles. The van der Waals surface area contributed by atoms with E-state index >= 15 is 0 Å². The average molecular weight is 340 g/mol. The van der Waals surface area contributed by atoms with E-state index in [1.807, 2.05) is 38.2 Å². The fourth-order valence-corrected chi connectivity index (χ4v) is 3.43. The standard InChI is InChI=1S/C20H28N4O/c1-3-20(25)22-19-13-17(16-9-7-5-4-6-8-10-16)23-24(19)18-12-11-15(2)14-21-18/h11-14,16H,3-10H2,1-2H3,(H,22,25). The lowest BCUT2D eigenvalue weighted by Crippen LogP contribution is -2.14. The molecule has 0 aliphatic heterocycles. The first kappa shape index (κ1) is 17.6. The van der Waals surface area contributed by atoms with Crippen LogP contribution in [0.15, 0.2) is 24.4 Å². The van der Waals surface area contributed by atoms with Gasteiger partial charge in [0.25, 0.3) is 0 Å². The molecular formula is C20H28N4O. The van der Waals surface area contributed by atoms with Crippen molar-refractivity contribution in [3.8, 4) is 5.82 Å². The SMILES string of the molecule is CCC(=O)Nc1cc(C2CCCCCCC2)nn1-c1ccc(C)cn1. The van der Waals surface area contributed by atoms with Crippen LogP contribution in [0.4, 0.5) is 5.82 Å². The highest BCUT2D eigenvalue weighted by Gasteiger charge is 2.20. The van der Waals surface area contributed by atoms with Crippen molar-refractivity contribution in [3.05, 3.63) is 35.7 Å². The Morgan fingerprint density at radius 3 is 2.56 bits per heavy atom. The number of rotatable bonds is 4. The normalized spacial score (nSPS) is 16.2. The molecule has 1 aliphatic carbocycles. The third-order valence-corrected chi connectivity index (χ3v) is 4.95. The van der Waals surface area contributed by atoms with Gasteiger partial charge in [-0.3, -0.25) is 4.79 Å². The summed E-state index contributed by atoms with van der Waals surface area (Å²) in [5, 5.41) is 7.82. The molecule has 0 radical (unpaired) electrons. The van der Waals surface area contributed by atoms with Gasteiger partial charge < -0.3 is 5.32 Å². The summed E-state index contributed by atoms with van der Waals surface area (Å²) >= 11 is 0. The zero-order valence-corrected chi connectivity index (χ0v) is 15.3. The van der Waals surface area contributed by atoms with Crippen LogP contribution in [0.1, 0.15) is 75.5 Å². The summed E-state index contributed by atoms with van der Waals surface area (Å²) in [5.74, 6) is 1.94. The molecular weight excluding hydrogens is 312 g/mol. The lowest BCUT2D eigenvalue weighted by Gasteiger charge is -2.17. The summed E-state index contributed by atoms with van der Waals surface area (Å²) < 4.78 is 1.78. The Bertz CT molecular complexity index is 697. The summed E-state index contributed by atoms with van der Waals surface area (Å²) in [7, 11) is 0. The van der Waals surface area contributed by atoms with Crippen molar-refractivity contribution in [3.63, 3.8) is 0 Å². The minimum Gasteiger partial charge on any atom is -0.311 e. The number of aryl methyl sites for hydroxylation is 1. The number of aromatic nitrogens is 3. The predicted molar refractivity (Wildman–Crippen MR) is 100 cm³/mol.